The largest absolute Gasteiger partial charge is 0.308 e. The summed E-state index contributed by atoms with van der Waals surface area (Å²) in [5.41, 5.74) is 0.526. The minimum Gasteiger partial charge on any atom is -0.308 e. The molecule has 0 bridgehead atoms. The highest BCUT2D eigenvalue weighted by atomic mass is 35.5. The number of halogens is 2. The van der Waals surface area contributed by atoms with Gasteiger partial charge in [0.15, 0.2) is 5.78 Å². The van der Waals surface area contributed by atoms with Gasteiger partial charge in [-0.2, -0.15) is 0 Å². The van der Waals surface area contributed by atoms with E-state index in [0.29, 0.717) is 20.8 Å². The third-order valence-corrected chi connectivity index (χ3v) is 3.79. The first-order chi connectivity index (χ1) is 7.90. The van der Waals surface area contributed by atoms with Crippen LogP contribution in [0.4, 0.5) is 0 Å². The lowest BCUT2D eigenvalue weighted by Crippen LogP contribution is -2.32. The Labute approximate surface area is 116 Å². The number of hydrogen-bond donors (Lipinski definition) is 0. The van der Waals surface area contributed by atoms with Gasteiger partial charge in [0.2, 0.25) is 0 Å². The van der Waals surface area contributed by atoms with Crippen LogP contribution in [-0.4, -0.2) is 56.4 Å². The van der Waals surface area contributed by atoms with E-state index < -0.39 is 0 Å². The summed E-state index contributed by atoms with van der Waals surface area (Å²) in [5.74, 6) is 0.0133. The molecule has 1 rings (SSSR count). The molecule has 0 N–H and O–H groups in total. The van der Waals surface area contributed by atoms with Crippen molar-refractivity contribution >= 4 is 40.3 Å². The fraction of sp³-hybridized carbons (Fsp3) is 0.545. The van der Waals surface area contributed by atoms with E-state index in [4.69, 9.17) is 23.2 Å². The maximum Gasteiger partial charge on any atom is 0.179 e. The molecular formula is C11H16Cl2N2OS. The molecular weight excluding hydrogens is 279 g/mol. The Kier molecular flexibility index (Phi) is 5.89. The summed E-state index contributed by atoms with van der Waals surface area (Å²) in [6, 6.07) is 1.64. The smallest absolute Gasteiger partial charge is 0.179 e. The molecule has 0 aliphatic heterocycles. The average Bonchev–Trinajstić information content (AvgIpc) is 2.55. The van der Waals surface area contributed by atoms with Crippen LogP contribution >= 0.6 is 34.5 Å². The second-order valence-corrected chi connectivity index (χ2v) is 6.49. The first-order valence-electron chi connectivity index (χ1n) is 5.21. The Morgan fingerprint density at radius 1 is 1.29 bits per heavy atom. The number of rotatable bonds is 6. The molecule has 1 aromatic heterocycles. The lowest BCUT2D eigenvalue weighted by atomic mass is 10.2. The summed E-state index contributed by atoms with van der Waals surface area (Å²) >= 11 is 13.0. The van der Waals surface area contributed by atoms with Gasteiger partial charge in [-0.3, -0.25) is 9.69 Å². The molecule has 6 heteroatoms. The molecule has 0 saturated heterocycles. The number of Topliss-reactive ketones (excluding diaryl/α,β-unsaturated/α-hetero) is 1. The van der Waals surface area contributed by atoms with E-state index in [-0.39, 0.29) is 5.78 Å². The number of ketones is 1. The first kappa shape index (κ1) is 14.9. The second kappa shape index (κ2) is 6.71. The van der Waals surface area contributed by atoms with Crippen molar-refractivity contribution in [3.63, 3.8) is 0 Å². The zero-order chi connectivity index (χ0) is 13.0. The summed E-state index contributed by atoms with van der Waals surface area (Å²) in [5, 5.41) is 0. The van der Waals surface area contributed by atoms with E-state index in [1.165, 1.54) is 11.3 Å². The van der Waals surface area contributed by atoms with Gasteiger partial charge in [-0.05, 0) is 27.2 Å². The SMILES string of the molecule is CN(C)CCN(C)CC(=O)c1cc(Cl)sc1Cl. The molecule has 96 valence electrons. The van der Waals surface area contributed by atoms with E-state index in [1.54, 1.807) is 6.07 Å². The maximum absolute atomic E-state index is 11.9. The fourth-order valence-corrected chi connectivity index (χ4v) is 2.81. The van der Waals surface area contributed by atoms with E-state index in [0.717, 1.165) is 13.1 Å². The van der Waals surface area contributed by atoms with Crippen LogP contribution in [0.15, 0.2) is 6.07 Å². The quantitative estimate of drug-likeness (QED) is 0.754. The van der Waals surface area contributed by atoms with Crippen molar-refractivity contribution in [1.29, 1.82) is 0 Å². The number of hydrogen-bond acceptors (Lipinski definition) is 4. The topological polar surface area (TPSA) is 23.6 Å². The summed E-state index contributed by atoms with van der Waals surface area (Å²) in [6.45, 7) is 2.12. The van der Waals surface area contributed by atoms with Gasteiger partial charge in [-0.25, -0.2) is 0 Å². The third-order valence-electron chi connectivity index (χ3n) is 2.30. The van der Waals surface area contributed by atoms with Gasteiger partial charge in [-0.1, -0.05) is 23.2 Å². The van der Waals surface area contributed by atoms with Crippen LogP contribution in [0.25, 0.3) is 0 Å². The minimum absolute atomic E-state index is 0.0133. The molecule has 0 fully saturated rings. The van der Waals surface area contributed by atoms with Crippen molar-refractivity contribution in [2.75, 3.05) is 40.8 Å². The summed E-state index contributed by atoms with van der Waals surface area (Å²) in [4.78, 5) is 16.0. The Bertz CT molecular complexity index is 393. The monoisotopic (exact) mass is 294 g/mol. The summed E-state index contributed by atoms with van der Waals surface area (Å²) in [6.07, 6.45) is 0. The summed E-state index contributed by atoms with van der Waals surface area (Å²) in [7, 11) is 5.93. The maximum atomic E-state index is 11.9. The lowest BCUT2D eigenvalue weighted by molar-refractivity contribution is 0.0943. The zero-order valence-electron chi connectivity index (χ0n) is 10.2. The van der Waals surface area contributed by atoms with Gasteiger partial charge in [-0.15, -0.1) is 11.3 Å². The molecule has 17 heavy (non-hydrogen) atoms. The Hall–Kier alpha value is -0.130. The number of likely N-dealkylation sites (N-methyl/N-ethyl adjacent to an activating group) is 2. The Balaban J connectivity index is 2.51. The number of nitrogens with zero attached hydrogens (tertiary/aromatic N) is 2. The van der Waals surface area contributed by atoms with Crippen LogP contribution in [0.3, 0.4) is 0 Å². The van der Waals surface area contributed by atoms with Gasteiger partial charge in [0, 0.05) is 13.1 Å². The predicted molar refractivity (Wildman–Crippen MR) is 74.7 cm³/mol. The molecule has 1 aromatic rings. The second-order valence-electron chi connectivity index (χ2n) is 4.20. The van der Waals surface area contributed by atoms with Crippen molar-refractivity contribution < 1.29 is 4.79 Å². The molecule has 0 aromatic carbocycles. The van der Waals surface area contributed by atoms with Crippen LogP contribution in [0.2, 0.25) is 8.67 Å². The fourth-order valence-electron chi connectivity index (χ4n) is 1.31. The van der Waals surface area contributed by atoms with E-state index in [9.17, 15) is 4.79 Å². The van der Waals surface area contributed by atoms with Gasteiger partial charge >= 0.3 is 0 Å². The molecule has 0 aliphatic rings. The standard InChI is InChI=1S/C11H16Cl2N2OS/c1-14(2)4-5-15(3)7-9(16)8-6-10(12)17-11(8)13/h6H,4-5,7H2,1-3H3. The van der Waals surface area contributed by atoms with Crippen LogP contribution < -0.4 is 0 Å². The Morgan fingerprint density at radius 2 is 1.94 bits per heavy atom. The third kappa shape index (κ3) is 4.94. The molecule has 0 radical (unpaired) electrons. The minimum atomic E-state index is 0.0133. The average molecular weight is 295 g/mol. The predicted octanol–water partition coefficient (Wildman–Crippen LogP) is 2.73. The van der Waals surface area contributed by atoms with Crippen molar-refractivity contribution in [3.8, 4) is 0 Å². The zero-order valence-corrected chi connectivity index (χ0v) is 12.5. The number of thiophene rings is 1. The Morgan fingerprint density at radius 3 is 2.41 bits per heavy atom. The van der Waals surface area contributed by atoms with Crippen molar-refractivity contribution in [2.45, 2.75) is 0 Å². The molecule has 1 heterocycles. The lowest BCUT2D eigenvalue weighted by Gasteiger charge is -2.18. The van der Waals surface area contributed by atoms with Gasteiger partial charge in [0.1, 0.15) is 4.34 Å². The van der Waals surface area contributed by atoms with Crippen molar-refractivity contribution in [1.82, 2.24) is 9.80 Å². The van der Waals surface area contributed by atoms with Crippen molar-refractivity contribution in [3.05, 3.63) is 20.3 Å². The molecule has 0 spiro atoms. The van der Waals surface area contributed by atoms with Crippen LogP contribution in [-0.2, 0) is 0 Å². The molecule has 0 amide bonds. The van der Waals surface area contributed by atoms with Crippen LogP contribution in [0.1, 0.15) is 10.4 Å². The normalized spacial score (nSPS) is 11.5. The molecule has 0 atom stereocenters. The summed E-state index contributed by atoms with van der Waals surface area (Å²) < 4.78 is 1.02. The molecule has 0 saturated carbocycles. The highest BCUT2D eigenvalue weighted by Gasteiger charge is 2.15. The van der Waals surface area contributed by atoms with Gasteiger partial charge in [0.05, 0.1) is 16.4 Å². The van der Waals surface area contributed by atoms with Gasteiger partial charge < -0.3 is 4.90 Å². The van der Waals surface area contributed by atoms with Crippen molar-refractivity contribution in [2.24, 2.45) is 0 Å². The molecule has 0 aliphatic carbocycles. The van der Waals surface area contributed by atoms with Gasteiger partial charge in [0.25, 0.3) is 0 Å². The highest BCUT2D eigenvalue weighted by Crippen LogP contribution is 2.31. The van der Waals surface area contributed by atoms with E-state index >= 15 is 0 Å². The van der Waals surface area contributed by atoms with E-state index in [2.05, 4.69) is 4.90 Å². The van der Waals surface area contributed by atoms with E-state index in [1.807, 2.05) is 26.0 Å². The number of carbonyl (C=O) groups is 1. The number of carbonyl (C=O) groups excluding carboxylic acids is 1. The van der Waals surface area contributed by atoms with Crippen LogP contribution in [0, 0.1) is 0 Å². The van der Waals surface area contributed by atoms with Crippen LogP contribution in [0.5, 0.6) is 0 Å². The first-order valence-corrected chi connectivity index (χ1v) is 6.78. The highest BCUT2D eigenvalue weighted by molar-refractivity contribution is 7.20. The molecule has 0 unspecified atom stereocenters. The molecule has 3 nitrogen and oxygen atoms in total.